The normalized spacial score (nSPS) is 11.4. The molecule has 0 saturated heterocycles. The fourth-order valence-corrected chi connectivity index (χ4v) is 3.50. The Morgan fingerprint density at radius 3 is 2.39 bits per heavy atom. The number of hydrogen-bond acceptors (Lipinski definition) is 5. The second kappa shape index (κ2) is 8.61. The summed E-state index contributed by atoms with van der Waals surface area (Å²) in [6, 6.07) is 17.9. The Hall–Kier alpha value is -2.60. The van der Waals surface area contributed by atoms with E-state index in [1.54, 1.807) is 0 Å². The largest absolute Gasteiger partial charge is 0.411 e. The number of aryl methyl sites for hydroxylation is 1. The predicted molar refractivity (Wildman–Crippen MR) is 112 cm³/mol. The first kappa shape index (κ1) is 20.1. The number of benzene rings is 2. The first-order valence-corrected chi connectivity index (χ1v) is 10.2. The van der Waals surface area contributed by atoms with Crippen LogP contribution in [-0.2, 0) is 11.3 Å². The summed E-state index contributed by atoms with van der Waals surface area (Å²) >= 11 is 1.27. The zero-order valence-corrected chi connectivity index (χ0v) is 17.5. The first-order chi connectivity index (χ1) is 13.3. The highest BCUT2D eigenvalue weighted by molar-refractivity contribution is 7.99. The van der Waals surface area contributed by atoms with E-state index in [9.17, 15) is 4.79 Å². The molecule has 6 heteroatoms. The van der Waals surface area contributed by atoms with E-state index in [-0.39, 0.29) is 17.2 Å². The topological polar surface area (TPSA) is 59.2 Å². The number of rotatable bonds is 6. The molecule has 3 aromatic rings. The summed E-state index contributed by atoms with van der Waals surface area (Å²) in [5.74, 6) is 0.765. The smallest absolute Gasteiger partial charge is 0.277 e. The van der Waals surface area contributed by atoms with Gasteiger partial charge in [-0.15, -0.1) is 10.2 Å². The van der Waals surface area contributed by atoms with Gasteiger partial charge in [0.05, 0.1) is 5.75 Å². The Morgan fingerprint density at radius 1 is 1.04 bits per heavy atom. The van der Waals surface area contributed by atoms with Crippen LogP contribution in [0.2, 0.25) is 0 Å². The molecule has 0 N–H and O–H groups in total. The molecular formula is C22H25N3O2S. The van der Waals surface area contributed by atoms with Crippen molar-refractivity contribution in [3.8, 4) is 11.5 Å². The van der Waals surface area contributed by atoms with Crippen LogP contribution in [0.15, 0.2) is 64.2 Å². The van der Waals surface area contributed by atoms with Crippen LogP contribution in [-0.4, -0.2) is 32.3 Å². The van der Waals surface area contributed by atoms with E-state index in [0.717, 1.165) is 16.7 Å². The van der Waals surface area contributed by atoms with Crippen molar-refractivity contribution in [1.29, 1.82) is 0 Å². The molecule has 0 atom stereocenters. The van der Waals surface area contributed by atoms with Crippen molar-refractivity contribution >= 4 is 17.7 Å². The molecule has 28 heavy (non-hydrogen) atoms. The predicted octanol–water partition coefficient (Wildman–Crippen LogP) is 4.96. The summed E-state index contributed by atoms with van der Waals surface area (Å²) in [5.41, 5.74) is 2.80. The zero-order valence-electron chi connectivity index (χ0n) is 16.7. The minimum absolute atomic E-state index is 0.0389. The molecule has 5 nitrogen and oxygen atoms in total. The monoisotopic (exact) mass is 395 g/mol. The summed E-state index contributed by atoms with van der Waals surface area (Å²) < 4.78 is 5.75. The first-order valence-electron chi connectivity index (χ1n) is 9.21. The molecule has 1 aromatic heterocycles. The second-order valence-electron chi connectivity index (χ2n) is 7.61. The Bertz CT molecular complexity index is 932. The lowest BCUT2D eigenvalue weighted by Gasteiger charge is -2.35. The summed E-state index contributed by atoms with van der Waals surface area (Å²) in [7, 11) is 0. The van der Waals surface area contributed by atoms with Crippen LogP contribution in [0.4, 0.5) is 0 Å². The summed E-state index contributed by atoms with van der Waals surface area (Å²) in [6.45, 7) is 8.70. The van der Waals surface area contributed by atoms with Crippen molar-refractivity contribution in [1.82, 2.24) is 15.1 Å². The highest BCUT2D eigenvalue weighted by atomic mass is 32.2. The number of nitrogens with zero attached hydrogens (tertiary/aromatic N) is 3. The van der Waals surface area contributed by atoms with Crippen molar-refractivity contribution < 1.29 is 9.21 Å². The third kappa shape index (κ3) is 5.01. The molecule has 0 saturated carbocycles. The average molecular weight is 396 g/mol. The highest BCUT2D eigenvalue weighted by Gasteiger charge is 2.27. The third-order valence-corrected chi connectivity index (χ3v) is 5.20. The maximum Gasteiger partial charge on any atom is 0.277 e. The summed E-state index contributed by atoms with van der Waals surface area (Å²) in [6.07, 6.45) is 0. The molecule has 3 rings (SSSR count). The summed E-state index contributed by atoms with van der Waals surface area (Å²) in [4.78, 5) is 14.8. The lowest BCUT2D eigenvalue weighted by molar-refractivity contribution is -0.133. The molecule has 1 amide bonds. The Kier molecular flexibility index (Phi) is 6.19. The van der Waals surface area contributed by atoms with Gasteiger partial charge in [0.25, 0.3) is 5.22 Å². The molecule has 0 aliphatic carbocycles. The van der Waals surface area contributed by atoms with Crippen LogP contribution in [0.1, 0.15) is 31.9 Å². The fourth-order valence-electron chi connectivity index (χ4n) is 2.86. The molecular weight excluding hydrogens is 370 g/mol. The minimum Gasteiger partial charge on any atom is -0.411 e. The highest BCUT2D eigenvalue weighted by Crippen LogP contribution is 2.26. The number of amides is 1. The van der Waals surface area contributed by atoms with Gasteiger partial charge in [-0.1, -0.05) is 60.3 Å². The van der Waals surface area contributed by atoms with Crippen LogP contribution < -0.4 is 0 Å². The van der Waals surface area contributed by atoms with E-state index in [4.69, 9.17) is 4.42 Å². The van der Waals surface area contributed by atoms with E-state index in [1.807, 2.05) is 87.2 Å². The number of carbonyl (C=O) groups excluding carboxylic acids is 1. The van der Waals surface area contributed by atoms with Crippen molar-refractivity contribution in [2.75, 3.05) is 5.75 Å². The van der Waals surface area contributed by atoms with Crippen LogP contribution in [0.3, 0.4) is 0 Å². The van der Waals surface area contributed by atoms with Gasteiger partial charge in [0.15, 0.2) is 0 Å². The average Bonchev–Trinajstić information content (AvgIpc) is 3.13. The molecule has 1 heterocycles. The van der Waals surface area contributed by atoms with Gasteiger partial charge in [-0.3, -0.25) is 4.79 Å². The molecule has 0 radical (unpaired) electrons. The quantitative estimate of drug-likeness (QED) is 0.552. The van der Waals surface area contributed by atoms with E-state index < -0.39 is 0 Å². The van der Waals surface area contributed by atoms with Crippen molar-refractivity contribution in [2.24, 2.45) is 0 Å². The van der Waals surface area contributed by atoms with E-state index in [2.05, 4.69) is 10.2 Å². The zero-order chi connectivity index (χ0) is 20.1. The molecule has 0 fully saturated rings. The third-order valence-electron chi connectivity index (χ3n) is 4.40. The number of aromatic nitrogens is 2. The lowest BCUT2D eigenvalue weighted by Crippen LogP contribution is -2.45. The number of thioether (sulfide) groups is 1. The standard InChI is InChI=1S/C22H25N3O2S/c1-16-10-8-9-13-18(16)20-23-24-21(27-20)28-15-19(26)25(22(2,3)4)14-17-11-6-5-7-12-17/h5-13H,14-15H2,1-4H3. The molecule has 0 spiro atoms. The lowest BCUT2D eigenvalue weighted by atomic mass is 10.0. The van der Waals surface area contributed by atoms with Gasteiger partial charge in [0.1, 0.15) is 0 Å². The molecule has 0 aliphatic heterocycles. The summed E-state index contributed by atoms with van der Waals surface area (Å²) in [5, 5.41) is 8.61. The van der Waals surface area contributed by atoms with Crippen LogP contribution in [0, 0.1) is 6.92 Å². The van der Waals surface area contributed by atoms with E-state index in [1.165, 1.54) is 11.8 Å². The van der Waals surface area contributed by atoms with Gasteiger partial charge in [0, 0.05) is 17.6 Å². The van der Waals surface area contributed by atoms with Crippen molar-refractivity contribution in [3.05, 3.63) is 65.7 Å². The maximum absolute atomic E-state index is 12.9. The molecule has 0 unspecified atom stereocenters. The Balaban J connectivity index is 1.67. The fraction of sp³-hybridized carbons (Fsp3) is 0.318. The SMILES string of the molecule is Cc1ccccc1-c1nnc(SCC(=O)N(Cc2ccccc2)C(C)(C)C)o1. The second-order valence-corrected chi connectivity index (χ2v) is 8.54. The molecule has 2 aromatic carbocycles. The Labute approximate surface area is 170 Å². The van der Waals surface area contributed by atoms with Crippen molar-refractivity contribution in [2.45, 2.75) is 45.0 Å². The number of carbonyl (C=O) groups is 1. The van der Waals surface area contributed by atoms with Gasteiger partial charge >= 0.3 is 0 Å². The van der Waals surface area contributed by atoms with E-state index in [0.29, 0.717) is 17.7 Å². The van der Waals surface area contributed by atoms with Gasteiger partial charge in [-0.05, 0) is 44.9 Å². The number of hydrogen-bond donors (Lipinski definition) is 0. The maximum atomic E-state index is 12.9. The van der Waals surface area contributed by atoms with Gasteiger partial charge < -0.3 is 9.32 Å². The van der Waals surface area contributed by atoms with E-state index >= 15 is 0 Å². The molecule has 0 aliphatic rings. The minimum atomic E-state index is -0.283. The molecule has 146 valence electrons. The van der Waals surface area contributed by atoms with Gasteiger partial charge in [0.2, 0.25) is 11.8 Å². The van der Waals surface area contributed by atoms with Crippen LogP contribution in [0.5, 0.6) is 0 Å². The van der Waals surface area contributed by atoms with Crippen LogP contribution >= 0.6 is 11.8 Å². The Morgan fingerprint density at radius 2 is 1.71 bits per heavy atom. The van der Waals surface area contributed by atoms with Gasteiger partial charge in [-0.25, -0.2) is 0 Å². The van der Waals surface area contributed by atoms with Crippen LogP contribution in [0.25, 0.3) is 11.5 Å². The van der Waals surface area contributed by atoms with Crippen molar-refractivity contribution in [3.63, 3.8) is 0 Å². The molecule has 0 bridgehead atoms. The van der Waals surface area contributed by atoms with Gasteiger partial charge in [-0.2, -0.15) is 0 Å².